The van der Waals surface area contributed by atoms with Crippen LogP contribution in [0, 0.1) is 0 Å². The molecule has 0 aliphatic heterocycles. The molecule has 1 heterocycles. The maximum atomic E-state index is 11.3. The summed E-state index contributed by atoms with van der Waals surface area (Å²) in [6, 6.07) is 1.43. The number of ether oxygens (including phenoxy) is 1. The summed E-state index contributed by atoms with van der Waals surface area (Å²) in [6.07, 6.45) is 4.31. The van der Waals surface area contributed by atoms with Crippen molar-refractivity contribution < 1.29 is 14.3 Å². The molecule has 0 atom stereocenters. The molecule has 0 saturated heterocycles. The molecule has 1 aromatic rings. The molecule has 2 rings (SSSR count). The molecule has 1 aliphatic carbocycles. The lowest BCUT2D eigenvalue weighted by Crippen LogP contribution is -2.19. The van der Waals surface area contributed by atoms with Gasteiger partial charge in [0.15, 0.2) is 6.29 Å². The number of hydrogen-bond acceptors (Lipinski definition) is 4. The van der Waals surface area contributed by atoms with Crippen molar-refractivity contribution in [3.8, 4) is 5.75 Å². The Labute approximate surface area is 92.8 Å². The molecule has 5 heteroatoms. The van der Waals surface area contributed by atoms with Gasteiger partial charge in [0.1, 0.15) is 11.4 Å². The van der Waals surface area contributed by atoms with E-state index in [2.05, 4.69) is 10.3 Å². The summed E-state index contributed by atoms with van der Waals surface area (Å²) in [5.74, 6) is 0.131. The van der Waals surface area contributed by atoms with E-state index in [4.69, 9.17) is 4.74 Å². The Kier molecular flexibility index (Phi) is 2.85. The number of hydrogen-bond donors (Lipinski definition) is 1. The van der Waals surface area contributed by atoms with Crippen LogP contribution in [0.25, 0.3) is 0 Å². The largest absolute Gasteiger partial charge is 0.488 e. The minimum Gasteiger partial charge on any atom is -0.488 e. The number of amides is 1. The number of aromatic nitrogens is 1. The molecule has 1 fully saturated rings. The normalized spacial score (nSPS) is 14.3. The zero-order valence-corrected chi connectivity index (χ0v) is 8.90. The fourth-order valence-electron chi connectivity index (χ4n) is 1.27. The lowest BCUT2D eigenvalue weighted by Gasteiger charge is -2.07. The summed E-state index contributed by atoms with van der Waals surface area (Å²) in [6.45, 7) is 0. The second-order valence-corrected chi connectivity index (χ2v) is 3.62. The van der Waals surface area contributed by atoms with Crippen molar-refractivity contribution >= 4 is 12.2 Å². The molecule has 0 bridgehead atoms. The summed E-state index contributed by atoms with van der Waals surface area (Å²) in [5, 5.41) is 2.45. The van der Waals surface area contributed by atoms with Gasteiger partial charge in [0.25, 0.3) is 5.91 Å². The van der Waals surface area contributed by atoms with Gasteiger partial charge in [0.05, 0.1) is 17.9 Å². The smallest absolute Gasteiger partial charge is 0.269 e. The van der Waals surface area contributed by atoms with Gasteiger partial charge in [-0.1, -0.05) is 0 Å². The Morgan fingerprint density at radius 2 is 2.38 bits per heavy atom. The number of rotatable bonds is 4. The van der Waals surface area contributed by atoms with Crippen LogP contribution in [0.15, 0.2) is 12.3 Å². The standard InChI is InChI=1S/C11H12N2O3/c1-12-11(15)9-4-7(6-14)10(5-13-9)16-8-2-3-8/h4-6,8H,2-3H2,1H3,(H,12,15). The van der Waals surface area contributed by atoms with Crippen LogP contribution in [0.4, 0.5) is 0 Å². The molecule has 0 aromatic carbocycles. The van der Waals surface area contributed by atoms with E-state index in [1.165, 1.54) is 19.3 Å². The van der Waals surface area contributed by atoms with Crippen molar-refractivity contribution in [3.05, 3.63) is 23.5 Å². The average Bonchev–Trinajstić information content (AvgIpc) is 3.12. The van der Waals surface area contributed by atoms with E-state index in [1.807, 2.05) is 0 Å². The first kappa shape index (κ1) is 10.6. The molecule has 0 spiro atoms. The van der Waals surface area contributed by atoms with Crippen LogP contribution in [0.3, 0.4) is 0 Å². The van der Waals surface area contributed by atoms with Gasteiger partial charge in [0.2, 0.25) is 0 Å². The van der Waals surface area contributed by atoms with Gasteiger partial charge < -0.3 is 10.1 Å². The van der Waals surface area contributed by atoms with E-state index in [-0.39, 0.29) is 17.7 Å². The molecule has 1 aliphatic rings. The van der Waals surface area contributed by atoms with Gasteiger partial charge in [-0.15, -0.1) is 0 Å². The molecule has 1 amide bonds. The summed E-state index contributed by atoms with van der Waals surface area (Å²) >= 11 is 0. The molecule has 0 unspecified atom stereocenters. The Morgan fingerprint density at radius 3 is 2.94 bits per heavy atom. The van der Waals surface area contributed by atoms with Crippen LogP contribution in [0.1, 0.15) is 33.7 Å². The van der Waals surface area contributed by atoms with E-state index in [0.29, 0.717) is 17.6 Å². The van der Waals surface area contributed by atoms with Crippen LogP contribution in [0.5, 0.6) is 5.75 Å². The molecule has 16 heavy (non-hydrogen) atoms. The first-order valence-electron chi connectivity index (χ1n) is 5.08. The summed E-state index contributed by atoms with van der Waals surface area (Å²) < 4.78 is 5.49. The van der Waals surface area contributed by atoms with Crippen LogP contribution < -0.4 is 10.1 Å². The molecule has 1 saturated carbocycles. The third-order valence-corrected chi connectivity index (χ3v) is 2.30. The lowest BCUT2D eigenvalue weighted by molar-refractivity contribution is 0.0958. The van der Waals surface area contributed by atoms with Gasteiger partial charge in [-0.25, -0.2) is 4.98 Å². The second-order valence-electron chi connectivity index (χ2n) is 3.62. The van der Waals surface area contributed by atoms with Gasteiger partial charge in [0, 0.05) is 7.05 Å². The van der Waals surface area contributed by atoms with Gasteiger partial charge in [-0.05, 0) is 18.9 Å². The maximum absolute atomic E-state index is 11.3. The van der Waals surface area contributed by atoms with E-state index in [9.17, 15) is 9.59 Å². The summed E-state index contributed by atoms with van der Waals surface area (Å²) in [7, 11) is 1.51. The van der Waals surface area contributed by atoms with Crippen LogP contribution in [-0.2, 0) is 0 Å². The fraction of sp³-hybridized carbons (Fsp3) is 0.364. The molecular formula is C11H12N2O3. The maximum Gasteiger partial charge on any atom is 0.269 e. The van der Waals surface area contributed by atoms with E-state index in [0.717, 1.165) is 12.8 Å². The zero-order chi connectivity index (χ0) is 11.5. The Hall–Kier alpha value is -1.91. The van der Waals surface area contributed by atoms with E-state index >= 15 is 0 Å². The highest BCUT2D eigenvalue weighted by Gasteiger charge is 2.25. The van der Waals surface area contributed by atoms with Crippen molar-refractivity contribution in [2.45, 2.75) is 18.9 Å². The average molecular weight is 220 g/mol. The third-order valence-electron chi connectivity index (χ3n) is 2.30. The number of aldehydes is 1. The van der Waals surface area contributed by atoms with Crippen LogP contribution in [0.2, 0.25) is 0 Å². The first-order chi connectivity index (χ1) is 7.74. The third kappa shape index (κ3) is 2.18. The predicted octanol–water partition coefficient (Wildman–Crippen LogP) is 0.795. The first-order valence-corrected chi connectivity index (χ1v) is 5.08. The van der Waals surface area contributed by atoms with Gasteiger partial charge >= 0.3 is 0 Å². The minimum absolute atomic E-state index is 0.200. The number of nitrogens with one attached hydrogen (secondary N) is 1. The zero-order valence-electron chi connectivity index (χ0n) is 8.90. The summed E-state index contributed by atoms with van der Waals surface area (Å²) in [4.78, 5) is 26.1. The highest BCUT2D eigenvalue weighted by molar-refractivity contribution is 5.94. The molecular weight excluding hydrogens is 208 g/mol. The molecule has 84 valence electrons. The number of carbonyl (C=O) groups excluding carboxylic acids is 2. The van der Waals surface area contributed by atoms with Crippen molar-refractivity contribution in [1.82, 2.24) is 10.3 Å². The molecule has 5 nitrogen and oxygen atoms in total. The van der Waals surface area contributed by atoms with Gasteiger partial charge in [-0.3, -0.25) is 9.59 Å². The van der Waals surface area contributed by atoms with Crippen LogP contribution >= 0.6 is 0 Å². The summed E-state index contributed by atoms with van der Waals surface area (Å²) in [5.41, 5.74) is 0.577. The highest BCUT2D eigenvalue weighted by atomic mass is 16.5. The predicted molar refractivity (Wildman–Crippen MR) is 56.7 cm³/mol. The number of nitrogens with zero attached hydrogens (tertiary/aromatic N) is 1. The monoisotopic (exact) mass is 220 g/mol. The Bertz CT molecular complexity index is 427. The minimum atomic E-state index is -0.318. The van der Waals surface area contributed by atoms with Crippen molar-refractivity contribution in [1.29, 1.82) is 0 Å². The lowest BCUT2D eigenvalue weighted by atomic mass is 10.2. The van der Waals surface area contributed by atoms with E-state index < -0.39 is 0 Å². The van der Waals surface area contributed by atoms with E-state index in [1.54, 1.807) is 0 Å². The molecule has 1 N–H and O–H groups in total. The topological polar surface area (TPSA) is 68.3 Å². The fourth-order valence-corrected chi connectivity index (χ4v) is 1.27. The quantitative estimate of drug-likeness (QED) is 0.762. The second kappa shape index (κ2) is 4.30. The van der Waals surface area contributed by atoms with Crippen molar-refractivity contribution in [2.75, 3.05) is 7.05 Å². The van der Waals surface area contributed by atoms with Gasteiger partial charge in [-0.2, -0.15) is 0 Å². The molecule has 0 radical (unpaired) electrons. The number of pyridine rings is 1. The highest BCUT2D eigenvalue weighted by Crippen LogP contribution is 2.28. The number of carbonyl (C=O) groups is 2. The Morgan fingerprint density at radius 1 is 1.62 bits per heavy atom. The van der Waals surface area contributed by atoms with Crippen LogP contribution in [-0.4, -0.2) is 30.3 Å². The SMILES string of the molecule is CNC(=O)c1cc(C=O)c(OC2CC2)cn1. The molecule has 1 aromatic heterocycles. The van der Waals surface area contributed by atoms with Crippen molar-refractivity contribution in [3.63, 3.8) is 0 Å². The van der Waals surface area contributed by atoms with Crippen molar-refractivity contribution in [2.24, 2.45) is 0 Å². The Balaban J connectivity index is 2.26.